The molecule has 0 aliphatic carbocycles. The number of hydrogen-bond donors (Lipinski definition) is 4. The fraction of sp³-hybridized carbons (Fsp3) is 0.750. The van der Waals surface area contributed by atoms with Crippen LogP contribution in [0.5, 0.6) is 0 Å². The molecular formula is C8H19N3O4. The molecule has 1 unspecified atom stereocenters. The summed E-state index contributed by atoms with van der Waals surface area (Å²) in [7, 11) is 0. The van der Waals surface area contributed by atoms with Crippen molar-refractivity contribution in [3.05, 3.63) is 0 Å². The molecule has 0 aromatic rings. The Bertz CT molecular complexity index is 161. The van der Waals surface area contributed by atoms with Gasteiger partial charge in [-0.3, -0.25) is 10.2 Å². The van der Waals surface area contributed by atoms with Crippen LogP contribution in [-0.2, 0) is 14.3 Å². The number of rotatable bonds is 0. The van der Waals surface area contributed by atoms with Crippen LogP contribution in [0.1, 0.15) is 13.8 Å². The number of nitrogens with two attached hydrogens (primary N) is 2. The third kappa shape index (κ3) is 32.4. The van der Waals surface area contributed by atoms with Crippen LogP contribution in [0.3, 0.4) is 0 Å². The molecule has 0 aromatic heterocycles. The topological polar surface area (TPSA) is 132 Å². The van der Waals surface area contributed by atoms with Gasteiger partial charge >= 0.3 is 0 Å². The summed E-state index contributed by atoms with van der Waals surface area (Å²) in [4.78, 5) is 9.00. The van der Waals surface area contributed by atoms with E-state index in [-0.39, 0.29) is 5.96 Å². The summed E-state index contributed by atoms with van der Waals surface area (Å²) >= 11 is 0. The molecule has 1 rings (SSSR count). The van der Waals surface area contributed by atoms with Gasteiger partial charge in [-0.2, -0.15) is 0 Å². The second-order valence-corrected chi connectivity index (χ2v) is 2.73. The van der Waals surface area contributed by atoms with Crippen molar-refractivity contribution < 1.29 is 19.4 Å². The summed E-state index contributed by atoms with van der Waals surface area (Å²) < 4.78 is 10.2. The number of carbonyl (C=O) groups is 1. The second-order valence-electron chi connectivity index (χ2n) is 2.73. The molecule has 0 spiro atoms. The number of ether oxygens (including phenoxy) is 2. The van der Waals surface area contributed by atoms with Gasteiger partial charge in [0.05, 0.1) is 25.9 Å². The maximum atomic E-state index is 9.00. The highest BCUT2D eigenvalue weighted by molar-refractivity contribution is 5.71. The molecule has 1 fully saturated rings. The molecule has 1 aliphatic heterocycles. The minimum atomic E-state index is -0.833. The minimum Gasteiger partial charge on any atom is -0.481 e. The van der Waals surface area contributed by atoms with E-state index in [1.54, 1.807) is 0 Å². The summed E-state index contributed by atoms with van der Waals surface area (Å²) in [6, 6.07) is 0. The Hall–Kier alpha value is -1.34. The first kappa shape index (κ1) is 16.1. The Morgan fingerprint density at radius 2 is 1.87 bits per heavy atom. The van der Waals surface area contributed by atoms with Crippen molar-refractivity contribution in [3.63, 3.8) is 0 Å². The SMILES string of the molecule is CC(=O)O.CC1COCCO1.N=C(N)N. The van der Waals surface area contributed by atoms with E-state index < -0.39 is 5.97 Å². The first-order valence-corrected chi connectivity index (χ1v) is 4.34. The predicted octanol–water partition coefficient (Wildman–Crippen LogP) is -0.649. The number of carboxylic acids is 1. The normalized spacial score (nSPS) is 18.7. The highest BCUT2D eigenvalue weighted by Crippen LogP contribution is 1.96. The van der Waals surface area contributed by atoms with Crippen LogP contribution in [0, 0.1) is 5.41 Å². The van der Waals surface area contributed by atoms with Crippen molar-refractivity contribution >= 4 is 11.9 Å². The molecule has 15 heavy (non-hydrogen) atoms. The van der Waals surface area contributed by atoms with Crippen LogP contribution in [0.25, 0.3) is 0 Å². The first-order chi connectivity index (χ1) is 6.86. The first-order valence-electron chi connectivity index (χ1n) is 4.34. The lowest BCUT2D eigenvalue weighted by atomic mass is 10.4. The van der Waals surface area contributed by atoms with E-state index in [4.69, 9.17) is 24.8 Å². The summed E-state index contributed by atoms with van der Waals surface area (Å²) in [5.74, 6) is -1.17. The van der Waals surface area contributed by atoms with Crippen LogP contribution in [0.15, 0.2) is 0 Å². The quantitative estimate of drug-likeness (QED) is 0.317. The highest BCUT2D eigenvalue weighted by atomic mass is 16.6. The Kier molecular flexibility index (Phi) is 11.5. The van der Waals surface area contributed by atoms with Gasteiger partial charge in [-0.05, 0) is 6.92 Å². The Morgan fingerprint density at radius 3 is 2.00 bits per heavy atom. The Labute approximate surface area is 88.8 Å². The van der Waals surface area contributed by atoms with E-state index in [1.807, 2.05) is 6.92 Å². The standard InChI is InChI=1S/C5H10O2.C2H4O2.CH5N3/c1-5-4-6-2-3-7-5;1-2(3)4;2-1(3)4/h5H,2-4H2,1H3;1H3,(H,3,4);(H5,2,3,4). The Morgan fingerprint density at radius 1 is 1.47 bits per heavy atom. The zero-order valence-electron chi connectivity index (χ0n) is 9.03. The van der Waals surface area contributed by atoms with E-state index >= 15 is 0 Å². The van der Waals surface area contributed by atoms with Gasteiger partial charge in [-0.1, -0.05) is 0 Å². The lowest BCUT2D eigenvalue weighted by molar-refractivity contribution is -0.134. The van der Waals surface area contributed by atoms with Crippen molar-refractivity contribution in [2.45, 2.75) is 20.0 Å². The lowest BCUT2D eigenvalue weighted by Gasteiger charge is -2.18. The average Bonchev–Trinajstić information content (AvgIpc) is 2.03. The molecule has 1 aliphatic rings. The van der Waals surface area contributed by atoms with Gasteiger partial charge in [0.15, 0.2) is 5.96 Å². The summed E-state index contributed by atoms with van der Waals surface area (Å²) in [5.41, 5.74) is 8.94. The molecule has 1 atom stereocenters. The molecule has 1 saturated heterocycles. The van der Waals surface area contributed by atoms with Crippen LogP contribution in [0.2, 0.25) is 0 Å². The van der Waals surface area contributed by atoms with Crippen LogP contribution in [0.4, 0.5) is 0 Å². The van der Waals surface area contributed by atoms with Gasteiger partial charge < -0.3 is 26.0 Å². The van der Waals surface area contributed by atoms with Gasteiger partial charge in [0, 0.05) is 6.92 Å². The molecule has 0 aromatic carbocycles. The highest BCUT2D eigenvalue weighted by Gasteiger charge is 2.06. The fourth-order valence-electron chi connectivity index (χ4n) is 0.606. The molecule has 7 heteroatoms. The smallest absolute Gasteiger partial charge is 0.300 e. The van der Waals surface area contributed by atoms with Crippen molar-refractivity contribution in [2.75, 3.05) is 19.8 Å². The molecule has 7 nitrogen and oxygen atoms in total. The molecule has 6 N–H and O–H groups in total. The zero-order chi connectivity index (χ0) is 12.3. The minimum absolute atomic E-state index is 0.314. The molecule has 90 valence electrons. The Balaban J connectivity index is 0. The molecule has 0 saturated carbocycles. The van der Waals surface area contributed by atoms with Crippen molar-refractivity contribution in [1.82, 2.24) is 0 Å². The van der Waals surface area contributed by atoms with Gasteiger partial charge in [0.1, 0.15) is 0 Å². The third-order valence-electron chi connectivity index (χ3n) is 0.983. The van der Waals surface area contributed by atoms with Crippen LogP contribution in [-0.4, -0.2) is 43.0 Å². The largest absolute Gasteiger partial charge is 0.481 e. The van der Waals surface area contributed by atoms with Crippen LogP contribution < -0.4 is 11.5 Å². The average molecular weight is 221 g/mol. The maximum Gasteiger partial charge on any atom is 0.300 e. The third-order valence-corrected chi connectivity index (χ3v) is 0.983. The fourth-order valence-corrected chi connectivity index (χ4v) is 0.606. The van der Waals surface area contributed by atoms with Gasteiger partial charge in [0.2, 0.25) is 0 Å². The van der Waals surface area contributed by atoms with Crippen molar-refractivity contribution in [2.24, 2.45) is 11.5 Å². The van der Waals surface area contributed by atoms with Crippen molar-refractivity contribution in [1.29, 1.82) is 5.41 Å². The van der Waals surface area contributed by atoms with E-state index in [0.717, 1.165) is 26.7 Å². The van der Waals surface area contributed by atoms with Gasteiger partial charge in [-0.25, -0.2) is 0 Å². The van der Waals surface area contributed by atoms with E-state index in [1.165, 1.54) is 0 Å². The van der Waals surface area contributed by atoms with E-state index in [0.29, 0.717) is 6.10 Å². The molecule has 1 heterocycles. The van der Waals surface area contributed by atoms with E-state index in [2.05, 4.69) is 11.5 Å². The number of carboxylic acid groups (broad SMARTS) is 1. The number of nitrogens with one attached hydrogen (secondary N) is 1. The molecular weight excluding hydrogens is 202 g/mol. The summed E-state index contributed by atoms with van der Waals surface area (Å²) in [5, 5.41) is 13.5. The lowest BCUT2D eigenvalue weighted by Crippen LogP contribution is -2.25. The second kappa shape index (κ2) is 10.7. The maximum absolute atomic E-state index is 9.00. The number of guanidine groups is 1. The predicted molar refractivity (Wildman–Crippen MR) is 55.6 cm³/mol. The molecule has 0 radical (unpaired) electrons. The molecule has 0 amide bonds. The molecule has 0 bridgehead atoms. The summed E-state index contributed by atoms with van der Waals surface area (Å²) in [6.45, 7) is 5.39. The van der Waals surface area contributed by atoms with Gasteiger partial charge in [-0.15, -0.1) is 0 Å². The van der Waals surface area contributed by atoms with E-state index in [9.17, 15) is 0 Å². The number of hydrogen-bond acceptors (Lipinski definition) is 4. The summed E-state index contributed by atoms with van der Waals surface area (Å²) in [6.07, 6.45) is 0.314. The monoisotopic (exact) mass is 221 g/mol. The van der Waals surface area contributed by atoms with Gasteiger partial charge in [0.25, 0.3) is 5.97 Å². The zero-order valence-corrected chi connectivity index (χ0v) is 9.03. The van der Waals surface area contributed by atoms with Crippen molar-refractivity contribution in [3.8, 4) is 0 Å². The van der Waals surface area contributed by atoms with Crippen LogP contribution >= 0.6 is 0 Å². The number of aliphatic carboxylic acids is 1.